The molecular formula is C12H11NO4. The predicted molar refractivity (Wildman–Crippen MR) is 61.6 cm³/mol. The van der Waals surface area contributed by atoms with E-state index in [1.54, 1.807) is 18.3 Å². The second kappa shape index (κ2) is 4.29. The number of methoxy groups -OCH3 is 2. The highest BCUT2D eigenvalue weighted by molar-refractivity contribution is 6.03. The van der Waals surface area contributed by atoms with Gasteiger partial charge in [-0.15, -0.1) is 0 Å². The van der Waals surface area contributed by atoms with Crippen molar-refractivity contribution in [2.24, 2.45) is 0 Å². The van der Waals surface area contributed by atoms with Crippen LogP contribution in [0.5, 0.6) is 5.75 Å². The molecule has 0 fully saturated rings. The molecule has 1 heterocycles. The van der Waals surface area contributed by atoms with Crippen LogP contribution >= 0.6 is 0 Å². The van der Waals surface area contributed by atoms with E-state index in [0.29, 0.717) is 27.8 Å². The summed E-state index contributed by atoms with van der Waals surface area (Å²) in [6.45, 7) is 0. The number of hydrogen-bond acceptors (Lipinski definition) is 4. The maximum absolute atomic E-state index is 11.5. The average Bonchev–Trinajstić information content (AvgIpc) is 2.79. The Morgan fingerprint density at radius 2 is 2.12 bits per heavy atom. The molecule has 2 rings (SSSR count). The smallest absolute Gasteiger partial charge is 0.338 e. The first-order chi connectivity index (χ1) is 8.21. The molecule has 5 heteroatoms. The number of nitrogens with one attached hydrogen (secondary N) is 1. The number of carbonyl (C=O) groups is 2. The maximum atomic E-state index is 11.5. The van der Waals surface area contributed by atoms with Gasteiger partial charge < -0.3 is 14.5 Å². The second-order valence-electron chi connectivity index (χ2n) is 3.45. The van der Waals surface area contributed by atoms with E-state index in [2.05, 4.69) is 9.72 Å². The molecule has 0 spiro atoms. The van der Waals surface area contributed by atoms with Gasteiger partial charge in [0, 0.05) is 17.1 Å². The molecule has 0 aliphatic carbocycles. The van der Waals surface area contributed by atoms with Gasteiger partial charge in [0.15, 0.2) is 6.29 Å². The summed E-state index contributed by atoms with van der Waals surface area (Å²) in [6, 6.07) is 3.17. The number of rotatable bonds is 3. The van der Waals surface area contributed by atoms with E-state index in [0.717, 1.165) is 6.29 Å². The zero-order valence-corrected chi connectivity index (χ0v) is 9.44. The minimum Gasteiger partial charge on any atom is -0.495 e. The number of aromatic nitrogens is 1. The van der Waals surface area contributed by atoms with Gasteiger partial charge >= 0.3 is 5.97 Å². The van der Waals surface area contributed by atoms with Crippen LogP contribution in [0.2, 0.25) is 0 Å². The molecule has 1 aromatic carbocycles. The molecule has 0 unspecified atom stereocenters. The first-order valence-electron chi connectivity index (χ1n) is 4.94. The largest absolute Gasteiger partial charge is 0.495 e. The molecule has 0 aliphatic heterocycles. The monoisotopic (exact) mass is 233 g/mol. The zero-order valence-electron chi connectivity index (χ0n) is 9.44. The lowest BCUT2D eigenvalue weighted by Crippen LogP contribution is -2.01. The van der Waals surface area contributed by atoms with E-state index in [1.165, 1.54) is 14.2 Å². The van der Waals surface area contributed by atoms with E-state index in [1.807, 2.05) is 0 Å². The summed E-state index contributed by atoms with van der Waals surface area (Å²) in [4.78, 5) is 25.3. The number of esters is 1. The Morgan fingerprint density at radius 1 is 1.35 bits per heavy atom. The van der Waals surface area contributed by atoms with Crippen molar-refractivity contribution in [3.8, 4) is 5.75 Å². The van der Waals surface area contributed by atoms with Gasteiger partial charge in [-0.3, -0.25) is 4.79 Å². The van der Waals surface area contributed by atoms with E-state index in [-0.39, 0.29) is 0 Å². The third-order valence-corrected chi connectivity index (χ3v) is 2.55. The summed E-state index contributed by atoms with van der Waals surface area (Å²) < 4.78 is 9.81. The molecule has 0 bridgehead atoms. The van der Waals surface area contributed by atoms with Gasteiger partial charge in [0.1, 0.15) is 5.75 Å². The minimum atomic E-state index is -0.469. The number of hydrogen-bond donors (Lipinski definition) is 1. The standard InChI is InChI=1S/C12H11NO4/c1-16-10-4-7(12(15)17-2)3-9-8(6-14)5-13-11(9)10/h3-6,13H,1-2H3. The zero-order chi connectivity index (χ0) is 12.4. The van der Waals surface area contributed by atoms with E-state index in [4.69, 9.17) is 4.74 Å². The first-order valence-corrected chi connectivity index (χ1v) is 4.94. The lowest BCUT2D eigenvalue weighted by Gasteiger charge is -2.05. The molecule has 1 aromatic heterocycles. The van der Waals surface area contributed by atoms with Crippen molar-refractivity contribution in [3.63, 3.8) is 0 Å². The van der Waals surface area contributed by atoms with Crippen LogP contribution in [0, 0.1) is 0 Å². The Bertz CT molecular complexity index is 585. The van der Waals surface area contributed by atoms with Crippen molar-refractivity contribution in [1.29, 1.82) is 0 Å². The number of ether oxygens (including phenoxy) is 2. The Labute approximate surface area is 97.3 Å². The van der Waals surface area contributed by atoms with Crippen LogP contribution < -0.4 is 4.74 Å². The van der Waals surface area contributed by atoms with Crippen molar-refractivity contribution in [2.45, 2.75) is 0 Å². The lowest BCUT2D eigenvalue weighted by atomic mass is 10.1. The number of benzene rings is 1. The van der Waals surface area contributed by atoms with Crippen molar-refractivity contribution < 1.29 is 19.1 Å². The molecule has 0 radical (unpaired) electrons. The lowest BCUT2D eigenvalue weighted by molar-refractivity contribution is 0.0600. The van der Waals surface area contributed by atoms with Gasteiger partial charge in [-0.25, -0.2) is 4.79 Å². The summed E-state index contributed by atoms with van der Waals surface area (Å²) in [5, 5.41) is 0.639. The van der Waals surface area contributed by atoms with Crippen LogP contribution in [0.15, 0.2) is 18.3 Å². The Kier molecular flexibility index (Phi) is 2.82. The molecule has 2 aromatic rings. The van der Waals surface area contributed by atoms with Gasteiger partial charge in [-0.05, 0) is 12.1 Å². The molecule has 0 amide bonds. The van der Waals surface area contributed by atoms with E-state index in [9.17, 15) is 9.59 Å². The van der Waals surface area contributed by atoms with Crippen LogP contribution in [0.25, 0.3) is 10.9 Å². The molecule has 5 nitrogen and oxygen atoms in total. The summed E-state index contributed by atoms with van der Waals surface area (Å²) in [7, 11) is 2.80. The van der Waals surface area contributed by atoms with Gasteiger partial charge in [-0.1, -0.05) is 0 Å². The highest BCUT2D eigenvalue weighted by Crippen LogP contribution is 2.28. The number of H-pyrrole nitrogens is 1. The van der Waals surface area contributed by atoms with Gasteiger partial charge in [0.2, 0.25) is 0 Å². The summed E-state index contributed by atoms with van der Waals surface area (Å²) >= 11 is 0. The minimum absolute atomic E-state index is 0.347. The summed E-state index contributed by atoms with van der Waals surface area (Å²) in [5.41, 5.74) is 1.51. The SMILES string of the molecule is COC(=O)c1cc(OC)c2[nH]cc(C=O)c2c1. The quantitative estimate of drug-likeness (QED) is 0.648. The van der Waals surface area contributed by atoms with Crippen molar-refractivity contribution in [3.05, 3.63) is 29.5 Å². The fourth-order valence-electron chi connectivity index (χ4n) is 1.71. The Morgan fingerprint density at radius 3 is 2.71 bits per heavy atom. The molecule has 1 N–H and O–H groups in total. The van der Waals surface area contributed by atoms with E-state index >= 15 is 0 Å². The Hall–Kier alpha value is -2.30. The Balaban J connectivity index is 2.73. The van der Waals surface area contributed by atoms with Gasteiger partial charge in [-0.2, -0.15) is 0 Å². The van der Waals surface area contributed by atoms with Crippen LogP contribution in [-0.4, -0.2) is 31.5 Å². The average molecular weight is 233 g/mol. The molecular weight excluding hydrogens is 222 g/mol. The third-order valence-electron chi connectivity index (χ3n) is 2.55. The van der Waals surface area contributed by atoms with Crippen LogP contribution in [0.4, 0.5) is 0 Å². The fourth-order valence-corrected chi connectivity index (χ4v) is 1.71. The molecule has 0 saturated carbocycles. The van der Waals surface area contributed by atoms with Crippen LogP contribution in [-0.2, 0) is 4.74 Å². The summed E-state index contributed by atoms with van der Waals surface area (Å²) in [6.07, 6.45) is 2.29. The molecule has 0 aliphatic rings. The maximum Gasteiger partial charge on any atom is 0.338 e. The number of fused-ring (bicyclic) bond motifs is 1. The van der Waals surface area contributed by atoms with Gasteiger partial charge in [0.25, 0.3) is 0 Å². The van der Waals surface area contributed by atoms with Gasteiger partial charge in [0.05, 0.1) is 25.3 Å². The van der Waals surface area contributed by atoms with Crippen LogP contribution in [0.3, 0.4) is 0 Å². The number of carbonyl (C=O) groups excluding carboxylic acids is 2. The molecule has 88 valence electrons. The number of aldehydes is 1. The molecule has 0 saturated heterocycles. The van der Waals surface area contributed by atoms with Crippen LogP contribution in [0.1, 0.15) is 20.7 Å². The molecule has 0 atom stereocenters. The normalized spacial score (nSPS) is 10.2. The number of aromatic amines is 1. The topological polar surface area (TPSA) is 68.4 Å². The third kappa shape index (κ3) is 1.75. The van der Waals surface area contributed by atoms with Crippen molar-refractivity contribution >= 4 is 23.2 Å². The first kappa shape index (κ1) is 11.2. The highest BCUT2D eigenvalue weighted by Gasteiger charge is 2.14. The predicted octanol–water partition coefficient (Wildman–Crippen LogP) is 1.78. The van der Waals surface area contributed by atoms with Crippen molar-refractivity contribution in [1.82, 2.24) is 4.98 Å². The molecule has 17 heavy (non-hydrogen) atoms. The fraction of sp³-hybridized carbons (Fsp3) is 0.167. The second-order valence-corrected chi connectivity index (χ2v) is 3.45. The summed E-state index contributed by atoms with van der Waals surface area (Å²) in [5.74, 6) is 0.0271. The van der Waals surface area contributed by atoms with E-state index < -0.39 is 5.97 Å². The highest BCUT2D eigenvalue weighted by atomic mass is 16.5. The van der Waals surface area contributed by atoms with Crippen molar-refractivity contribution in [2.75, 3.05) is 14.2 Å².